The molecule has 3 aromatic rings. The average molecular weight is 376 g/mol. The molecule has 28 heavy (non-hydrogen) atoms. The van der Waals surface area contributed by atoms with Crippen molar-refractivity contribution in [2.75, 3.05) is 31.1 Å². The van der Waals surface area contributed by atoms with E-state index >= 15 is 0 Å². The Kier molecular flexibility index (Phi) is 5.70. The molecule has 3 nitrogen and oxygen atoms in total. The van der Waals surface area contributed by atoms with Crippen LogP contribution in [-0.2, 0) is 0 Å². The molecule has 0 saturated carbocycles. The van der Waals surface area contributed by atoms with Crippen molar-refractivity contribution in [2.45, 2.75) is 12.1 Å². The smallest absolute Gasteiger partial charge is 0.123 e. The summed E-state index contributed by atoms with van der Waals surface area (Å²) in [5.74, 6) is -0.211. The van der Waals surface area contributed by atoms with E-state index in [-0.39, 0.29) is 11.9 Å². The van der Waals surface area contributed by atoms with Crippen LogP contribution in [0.4, 0.5) is 10.1 Å². The standard InChI is InChI=1S/C24H25FN2O/c25-21-11-13-22(14-12-21)26-15-17-27(18-16-26)23(19-7-3-1-4-8-19)24(28)20-9-5-2-6-10-20/h1-14,23-24,28H,15-18H2/t23-,24+/m0/s1. The summed E-state index contributed by atoms with van der Waals surface area (Å²) < 4.78 is 13.2. The zero-order chi connectivity index (χ0) is 19.3. The van der Waals surface area contributed by atoms with Crippen LogP contribution in [0.25, 0.3) is 0 Å². The van der Waals surface area contributed by atoms with Crippen molar-refractivity contribution in [2.24, 2.45) is 0 Å². The maximum atomic E-state index is 13.2. The maximum absolute atomic E-state index is 13.2. The molecule has 1 saturated heterocycles. The largest absolute Gasteiger partial charge is 0.386 e. The first kappa shape index (κ1) is 18.7. The Morgan fingerprint density at radius 2 is 1.21 bits per heavy atom. The van der Waals surface area contributed by atoms with Gasteiger partial charge in [0, 0.05) is 31.9 Å². The topological polar surface area (TPSA) is 26.7 Å². The van der Waals surface area contributed by atoms with Crippen molar-refractivity contribution >= 4 is 5.69 Å². The molecule has 4 heteroatoms. The van der Waals surface area contributed by atoms with Gasteiger partial charge in [0.15, 0.2) is 0 Å². The van der Waals surface area contributed by atoms with E-state index in [1.165, 1.54) is 12.1 Å². The number of piperazine rings is 1. The zero-order valence-corrected chi connectivity index (χ0v) is 15.8. The summed E-state index contributed by atoms with van der Waals surface area (Å²) in [5.41, 5.74) is 3.09. The van der Waals surface area contributed by atoms with Crippen molar-refractivity contribution in [3.8, 4) is 0 Å². The van der Waals surface area contributed by atoms with Crippen LogP contribution in [0.5, 0.6) is 0 Å². The third kappa shape index (κ3) is 4.08. The molecule has 0 spiro atoms. The summed E-state index contributed by atoms with van der Waals surface area (Å²) in [5, 5.41) is 11.2. The van der Waals surface area contributed by atoms with Crippen molar-refractivity contribution < 1.29 is 9.50 Å². The molecule has 144 valence electrons. The summed E-state index contributed by atoms with van der Waals surface area (Å²) in [6, 6.07) is 26.7. The minimum Gasteiger partial charge on any atom is -0.386 e. The van der Waals surface area contributed by atoms with E-state index in [1.54, 1.807) is 0 Å². The van der Waals surface area contributed by atoms with Crippen LogP contribution >= 0.6 is 0 Å². The molecule has 1 fully saturated rings. The van der Waals surface area contributed by atoms with Gasteiger partial charge in [-0.1, -0.05) is 60.7 Å². The third-order valence-electron chi connectivity index (χ3n) is 5.48. The van der Waals surface area contributed by atoms with Crippen molar-refractivity contribution in [1.29, 1.82) is 0 Å². The highest BCUT2D eigenvalue weighted by Crippen LogP contribution is 2.35. The number of hydrogen-bond donors (Lipinski definition) is 1. The molecular weight excluding hydrogens is 351 g/mol. The zero-order valence-electron chi connectivity index (χ0n) is 15.8. The Balaban J connectivity index is 1.54. The van der Waals surface area contributed by atoms with E-state index in [0.717, 1.165) is 43.0 Å². The Bertz CT molecular complexity index is 862. The van der Waals surface area contributed by atoms with Crippen LogP contribution < -0.4 is 4.90 Å². The van der Waals surface area contributed by atoms with Crippen molar-refractivity contribution in [1.82, 2.24) is 4.90 Å². The van der Waals surface area contributed by atoms with Crippen LogP contribution in [0.3, 0.4) is 0 Å². The number of halogens is 1. The predicted molar refractivity (Wildman–Crippen MR) is 111 cm³/mol. The van der Waals surface area contributed by atoms with Gasteiger partial charge >= 0.3 is 0 Å². The van der Waals surface area contributed by atoms with Gasteiger partial charge in [-0.3, -0.25) is 4.90 Å². The number of benzene rings is 3. The predicted octanol–water partition coefficient (Wildman–Crippen LogP) is 4.42. The fraction of sp³-hybridized carbons (Fsp3) is 0.250. The first-order valence-corrected chi connectivity index (χ1v) is 9.75. The van der Waals surface area contributed by atoms with Gasteiger partial charge in [-0.15, -0.1) is 0 Å². The fourth-order valence-corrected chi connectivity index (χ4v) is 3.99. The number of aliphatic hydroxyl groups is 1. The summed E-state index contributed by atoms with van der Waals surface area (Å²) in [6.45, 7) is 3.36. The Morgan fingerprint density at radius 1 is 0.679 bits per heavy atom. The number of nitrogens with zero attached hydrogens (tertiary/aromatic N) is 2. The van der Waals surface area contributed by atoms with Crippen LogP contribution in [0.2, 0.25) is 0 Å². The van der Waals surface area contributed by atoms with Gasteiger partial charge < -0.3 is 10.0 Å². The second-order valence-electron chi connectivity index (χ2n) is 7.21. The van der Waals surface area contributed by atoms with Gasteiger partial charge in [0.25, 0.3) is 0 Å². The second kappa shape index (κ2) is 8.55. The van der Waals surface area contributed by atoms with E-state index in [2.05, 4.69) is 21.9 Å². The lowest BCUT2D eigenvalue weighted by Crippen LogP contribution is -2.48. The minimum absolute atomic E-state index is 0.0982. The van der Waals surface area contributed by atoms with Gasteiger partial charge in [-0.05, 0) is 35.4 Å². The molecule has 1 aliphatic heterocycles. The minimum atomic E-state index is -0.596. The molecule has 0 aliphatic carbocycles. The molecule has 2 atom stereocenters. The summed E-state index contributed by atoms with van der Waals surface area (Å²) >= 11 is 0. The first-order valence-electron chi connectivity index (χ1n) is 9.75. The molecule has 1 heterocycles. The van der Waals surface area contributed by atoms with E-state index in [1.807, 2.05) is 60.7 Å². The molecule has 0 radical (unpaired) electrons. The fourth-order valence-electron chi connectivity index (χ4n) is 3.99. The van der Waals surface area contributed by atoms with Gasteiger partial charge in [0.05, 0.1) is 12.1 Å². The third-order valence-corrected chi connectivity index (χ3v) is 5.48. The molecule has 1 aliphatic rings. The maximum Gasteiger partial charge on any atom is 0.123 e. The Hall–Kier alpha value is -2.69. The van der Waals surface area contributed by atoms with Crippen LogP contribution in [-0.4, -0.2) is 36.2 Å². The molecule has 0 unspecified atom stereocenters. The summed E-state index contributed by atoms with van der Waals surface area (Å²) in [4.78, 5) is 4.62. The van der Waals surface area contributed by atoms with E-state index in [4.69, 9.17) is 0 Å². The quantitative estimate of drug-likeness (QED) is 0.714. The molecule has 1 N–H and O–H groups in total. The highest BCUT2D eigenvalue weighted by Gasteiger charge is 2.31. The SMILES string of the molecule is O[C@H](c1ccccc1)[C@H](c1ccccc1)N1CCN(c2ccc(F)cc2)CC1. The number of rotatable bonds is 5. The second-order valence-corrected chi connectivity index (χ2v) is 7.21. The lowest BCUT2D eigenvalue weighted by atomic mass is 9.94. The molecule has 0 bridgehead atoms. The van der Waals surface area contributed by atoms with E-state index in [0.29, 0.717) is 0 Å². The molecule has 0 aromatic heterocycles. The Morgan fingerprint density at radius 3 is 1.79 bits per heavy atom. The molecule has 4 rings (SSSR count). The summed E-state index contributed by atoms with van der Waals surface area (Å²) in [6.07, 6.45) is -0.596. The normalized spacial score (nSPS) is 17.3. The van der Waals surface area contributed by atoms with Gasteiger partial charge in [0.2, 0.25) is 0 Å². The van der Waals surface area contributed by atoms with Gasteiger partial charge in [-0.2, -0.15) is 0 Å². The monoisotopic (exact) mass is 376 g/mol. The van der Waals surface area contributed by atoms with Gasteiger partial charge in [0.1, 0.15) is 5.82 Å². The highest BCUT2D eigenvalue weighted by molar-refractivity contribution is 5.46. The molecular formula is C24H25FN2O. The Labute approximate surface area is 165 Å². The number of anilines is 1. The van der Waals surface area contributed by atoms with E-state index < -0.39 is 6.10 Å². The van der Waals surface area contributed by atoms with Crippen LogP contribution in [0.15, 0.2) is 84.9 Å². The average Bonchev–Trinajstić information content (AvgIpc) is 2.76. The van der Waals surface area contributed by atoms with Crippen molar-refractivity contribution in [3.63, 3.8) is 0 Å². The molecule has 3 aromatic carbocycles. The lowest BCUT2D eigenvalue weighted by Gasteiger charge is -2.42. The van der Waals surface area contributed by atoms with Crippen LogP contribution in [0, 0.1) is 5.82 Å². The summed E-state index contributed by atoms with van der Waals surface area (Å²) in [7, 11) is 0. The van der Waals surface area contributed by atoms with Crippen LogP contribution in [0.1, 0.15) is 23.3 Å². The molecule has 0 amide bonds. The number of hydrogen-bond acceptors (Lipinski definition) is 3. The first-order chi connectivity index (χ1) is 13.7. The van der Waals surface area contributed by atoms with Crippen molar-refractivity contribution in [3.05, 3.63) is 102 Å². The highest BCUT2D eigenvalue weighted by atomic mass is 19.1. The van der Waals surface area contributed by atoms with Gasteiger partial charge in [-0.25, -0.2) is 4.39 Å². The van der Waals surface area contributed by atoms with E-state index in [9.17, 15) is 9.50 Å². The lowest BCUT2D eigenvalue weighted by molar-refractivity contribution is 0.0436. The number of aliphatic hydroxyl groups excluding tert-OH is 1.